The third-order valence-electron chi connectivity index (χ3n) is 3.25. The van der Waals surface area contributed by atoms with Crippen LogP contribution in [-0.4, -0.2) is 31.5 Å². The van der Waals surface area contributed by atoms with Gasteiger partial charge in [0, 0.05) is 12.6 Å². The lowest BCUT2D eigenvalue weighted by Gasteiger charge is -2.21. The Morgan fingerprint density at radius 2 is 1.71 bits per heavy atom. The second kappa shape index (κ2) is 6.74. The van der Waals surface area contributed by atoms with Crippen molar-refractivity contribution in [2.24, 2.45) is 5.92 Å². The van der Waals surface area contributed by atoms with Crippen LogP contribution in [0.2, 0.25) is 0 Å². The minimum absolute atomic E-state index is 0.224. The second-order valence-corrected chi connectivity index (χ2v) is 8.90. The lowest BCUT2D eigenvalue weighted by Crippen LogP contribution is -2.37. The first-order valence-electron chi connectivity index (χ1n) is 6.55. The normalized spacial score (nSPS) is 16.8. The van der Waals surface area contributed by atoms with E-state index in [1.807, 2.05) is 0 Å². The number of rotatable bonds is 7. The smallest absolute Gasteiger partial charge is 0.156 e. The molecular formula is C13H29NO2S. The maximum atomic E-state index is 11.9. The van der Waals surface area contributed by atoms with E-state index in [-0.39, 0.29) is 5.75 Å². The van der Waals surface area contributed by atoms with E-state index < -0.39 is 14.6 Å². The van der Waals surface area contributed by atoms with E-state index in [1.54, 1.807) is 20.8 Å². The van der Waals surface area contributed by atoms with Gasteiger partial charge >= 0.3 is 0 Å². The van der Waals surface area contributed by atoms with Gasteiger partial charge in [-0.2, -0.15) is 0 Å². The molecule has 0 amide bonds. The molecule has 0 saturated heterocycles. The van der Waals surface area contributed by atoms with Crippen LogP contribution < -0.4 is 5.32 Å². The maximum Gasteiger partial charge on any atom is 0.156 e. The van der Waals surface area contributed by atoms with Crippen LogP contribution >= 0.6 is 0 Å². The van der Waals surface area contributed by atoms with Crippen molar-refractivity contribution in [1.29, 1.82) is 0 Å². The Morgan fingerprint density at radius 3 is 2.12 bits per heavy atom. The molecule has 0 fully saturated rings. The van der Waals surface area contributed by atoms with Crippen molar-refractivity contribution < 1.29 is 8.42 Å². The van der Waals surface area contributed by atoms with Gasteiger partial charge in [0.15, 0.2) is 9.84 Å². The monoisotopic (exact) mass is 263 g/mol. The van der Waals surface area contributed by atoms with Gasteiger partial charge in [0.1, 0.15) is 0 Å². The lowest BCUT2D eigenvalue weighted by molar-refractivity contribution is 0.419. The zero-order chi connectivity index (χ0) is 13.7. The van der Waals surface area contributed by atoms with Gasteiger partial charge in [-0.05, 0) is 40.0 Å². The van der Waals surface area contributed by atoms with Crippen molar-refractivity contribution >= 4 is 9.84 Å². The van der Waals surface area contributed by atoms with Gasteiger partial charge in [0.25, 0.3) is 0 Å². The second-order valence-electron chi connectivity index (χ2n) is 6.04. The highest BCUT2D eigenvalue weighted by atomic mass is 32.2. The maximum absolute atomic E-state index is 11.9. The summed E-state index contributed by atoms with van der Waals surface area (Å²) in [7, 11) is -2.99. The Kier molecular flexibility index (Phi) is 6.70. The molecule has 0 aliphatic rings. The molecule has 0 radical (unpaired) electrons. The first-order valence-corrected chi connectivity index (χ1v) is 8.21. The zero-order valence-electron chi connectivity index (χ0n) is 12.2. The summed E-state index contributed by atoms with van der Waals surface area (Å²) >= 11 is 0. The predicted octanol–water partition coefficient (Wildman–Crippen LogP) is 2.61. The molecule has 1 N–H and O–H groups in total. The van der Waals surface area contributed by atoms with Gasteiger partial charge in [-0.3, -0.25) is 0 Å². The summed E-state index contributed by atoms with van der Waals surface area (Å²) in [6.45, 7) is 12.3. The lowest BCUT2D eigenvalue weighted by atomic mass is 10.0. The van der Waals surface area contributed by atoms with Crippen LogP contribution in [0.3, 0.4) is 0 Å². The van der Waals surface area contributed by atoms with E-state index in [1.165, 1.54) is 6.42 Å². The topological polar surface area (TPSA) is 46.2 Å². The first kappa shape index (κ1) is 16.9. The zero-order valence-corrected chi connectivity index (χ0v) is 13.0. The van der Waals surface area contributed by atoms with Gasteiger partial charge < -0.3 is 5.32 Å². The molecule has 2 unspecified atom stereocenters. The average molecular weight is 263 g/mol. The molecular weight excluding hydrogens is 234 g/mol. The average Bonchev–Trinajstić information content (AvgIpc) is 2.15. The quantitative estimate of drug-likeness (QED) is 0.768. The first-order chi connectivity index (χ1) is 7.60. The minimum Gasteiger partial charge on any atom is -0.313 e. The molecule has 0 aromatic heterocycles. The SMILES string of the molecule is CCC(C)CC(C)NCCS(=O)(=O)C(C)(C)C. The number of hydrogen-bond acceptors (Lipinski definition) is 3. The molecule has 0 aromatic carbocycles. The molecule has 0 aliphatic heterocycles. The standard InChI is InChI=1S/C13H29NO2S/c1-7-11(2)10-12(3)14-8-9-17(15,16)13(4,5)6/h11-12,14H,7-10H2,1-6H3. The fourth-order valence-corrected chi connectivity index (χ4v) is 2.60. The highest BCUT2D eigenvalue weighted by molar-refractivity contribution is 7.92. The molecule has 104 valence electrons. The van der Waals surface area contributed by atoms with Gasteiger partial charge in [-0.25, -0.2) is 8.42 Å². The summed E-state index contributed by atoms with van der Waals surface area (Å²) in [6.07, 6.45) is 2.28. The Bertz CT molecular complexity index is 304. The third-order valence-corrected chi connectivity index (χ3v) is 5.86. The molecule has 0 aromatic rings. The third kappa shape index (κ3) is 6.41. The van der Waals surface area contributed by atoms with E-state index in [2.05, 4.69) is 26.1 Å². The van der Waals surface area contributed by atoms with Crippen molar-refractivity contribution in [2.75, 3.05) is 12.3 Å². The van der Waals surface area contributed by atoms with Gasteiger partial charge in [-0.1, -0.05) is 20.3 Å². The molecule has 4 heteroatoms. The highest BCUT2D eigenvalue weighted by Gasteiger charge is 2.28. The summed E-state index contributed by atoms with van der Waals surface area (Å²) in [4.78, 5) is 0. The summed E-state index contributed by atoms with van der Waals surface area (Å²) in [5, 5.41) is 3.30. The van der Waals surface area contributed by atoms with Crippen molar-refractivity contribution in [3.05, 3.63) is 0 Å². The van der Waals surface area contributed by atoms with E-state index in [4.69, 9.17) is 0 Å². The van der Waals surface area contributed by atoms with E-state index in [0.717, 1.165) is 6.42 Å². The molecule has 0 heterocycles. The molecule has 0 spiro atoms. The van der Waals surface area contributed by atoms with Gasteiger partial charge in [0.05, 0.1) is 10.5 Å². The Labute approximate surface area is 107 Å². The summed E-state index contributed by atoms with van der Waals surface area (Å²) in [5.41, 5.74) is 0. The molecule has 0 rings (SSSR count). The Balaban J connectivity index is 4.01. The summed E-state index contributed by atoms with van der Waals surface area (Å²) < 4.78 is 23.1. The van der Waals surface area contributed by atoms with E-state index in [9.17, 15) is 8.42 Å². The van der Waals surface area contributed by atoms with Crippen LogP contribution in [0.4, 0.5) is 0 Å². The van der Waals surface area contributed by atoms with Crippen LogP contribution in [0.15, 0.2) is 0 Å². The van der Waals surface area contributed by atoms with Crippen LogP contribution in [0.5, 0.6) is 0 Å². The fraction of sp³-hybridized carbons (Fsp3) is 1.00. The van der Waals surface area contributed by atoms with Gasteiger partial charge in [0.2, 0.25) is 0 Å². The van der Waals surface area contributed by atoms with Crippen molar-refractivity contribution in [1.82, 2.24) is 5.32 Å². The summed E-state index contributed by atoms with van der Waals surface area (Å²) in [5.74, 6) is 0.915. The van der Waals surface area contributed by atoms with Crippen LogP contribution in [0.25, 0.3) is 0 Å². The summed E-state index contributed by atoms with van der Waals surface area (Å²) in [6, 6.07) is 0.389. The van der Waals surface area contributed by atoms with Crippen molar-refractivity contribution in [3.8, 4) is 0 Å². The number of nitrogens with one attached hydrogen (secondary N) is 1. The van der Waals surface area contributed by atoms with Crippen LogP contribution in [-0.2, 0) is 9.84 Å². The molecule has 0 aliphatic carbocycles. The van der Waals surface area contributed by atoms with Gasteiger partial charge in [-0.15, -0.1) is 0 Å². The molecule has 3 nitrogen and oxygen atoms in total. The van der Waals surface area contributed by atoms with Crippen molar-refractivity contribution in [3.63, 3.8) is 0 Å². The fourth-order valence-electron chi connectivity index (χ4n) is 1.60. The van der Waals surface area contributed by atoms with Crippen molar-refractivity contribution in [2.45, 2.75) is 65.2 Å². The minimum atomic E-state index is -2.99. The number of hydrogen-bond donors (Lipinski definition) is 1. The molecule has 2 atom stereocenters. The molecule has 0 bridgehead atoms. The van der Waals surface area contributed by atoms with Crippen LogP contribution in [0.1, 0.15) is 54.4 Å². The van der Waals surface area contributed by atoms with E-state index in [0.29, 0.717) is 18.5 Å². The highest BCUT2D eigenvalue weighted by Crippen LogP contribution is 2.15. The Hall–Kier alpha value is -0.0900. The van der Waals surface area contributed by atoms with E-state index >= 15 is 0 Å². The predicted molar refractivity (Wildman–Crippen MR) is 75.1 cm³/mol. The number of sulfone groups is 1. The molecule has 17 heavy (non-hydrogen) atoms. The largest absolute Gasteiger partial charge is 0.313 e. The molecule has 0 saturated carbocycles. The van der Waals surface area contributed by atoms with Crippen LogP contribution in [0, 0.1) is 5.92 Å². The Morgan fingerprint density at radius 1 is 1.18 bits per heavy atom.